The Balaban J connectivity index is 1.66. The largest absolute Gasteiger partial charge is 0.456 e. The van der Waals surface area contributed by atoms with E-state index in [1.54, 1.807) is 0 Å². The molecule has 4 amide bonds. The lowest BCUT2D eigenvalue weighted by Gasteiger charge is -2.19. The maximum Gasteiger partial charge on any atom is 0.308 e. The first-order valence-corrected chi connectivity index (χ1v) is 9.48. The summed E-state index contributed by atoms with van der Waals surface area (Å²) in [7, 11) is 0. The van der Waals surface area contributed by atoms with Crippen molar-refractivity contribution in [2.45, 2.75) is 45.4 Å². The fourth-order valence-corrected chi connectivity index (χ4v) is 3.43. The van der Waals surface area contributed by atoms with Crippen LogP contribution in [0.2, 0.25) is 0 Å². The first kappa shape index (κ1) is 20.9. The fourth-order valence-electron chi connectivity index (χ4n) is 3.43. The van der Waals surface area contributed by atoms with Gasteiger partial charge in [-0.1, -0.05) is 19.8 Å². The zero-order chi connectivity index (χ0) is 19.8. The van der Waals surface area contributed by atoms with Gasteiger partial charge in [0, 0.05) is 13.1 Å². The van der Waals surface area contributed by atoms with E-state index in [2.05, 4.69) is 10.6 Å². The van der Waals surface area contributed by atoms with Gasteiger partial charge in [0.25, 0.3) is 5.91 Å². The van der Waals surface area contributed by atoms with Gasteiger partial charge in [-0.05, 0) is 19.3 Å². The quantitative estimate of drug-likeness (QED) is 0.419. The Bertz CT molecular complexity index is 582. The first-order valence-electron chi connectivity index (χ1n) is 9.48. The molecule has 1 heterocycles. The van der Waals surface area contributed by atoms with Gasteiger partial charge in [-0.15, -0.1) is 0 Å². The van der Waals surface area contributed by atoms with Gasteiger partial charge in [0.1, 0.15) is 0 Å². The minimum Gasteiger partial charge on any atom is -0.456 e. The molecule has 2 fully saturated rings. The Morgan fingerprint density at radius 3 is 2.26 bits per heavy atom. The molecular weight excluding hydrogens is 354 g/mol. The standard InChI is InChI=1S/C18H27N3O6/c1-2-8-19-14(22)10-20-15(23)11-27-16(24)7-9-21-17(25)12-5-3-4-6-13(12)18(21)26/h12-13H,2-11H2,1H3,(H,19,22)(H,20,23)/t12-,13+. The molecule has 0 aromatic heterocycles. The lowest BCUT2D eigenvalue weighted by molar-refractivity contribution is -0.149. The van der Waals surface area contributed by atoms with Gasteiger partial charge in [0.05, 0.1) is 24.8 Å². The smallest absolute Gasteiger partial charge is 0.308 e. The molecular formula is C18H27N3O6. The van der Waals surface area contributed by atoms with Gasteiger partial charge in [0.15, 0.2) is 6.61 Å². The number of carbonyl (C=O) groups is 5. The Morgan fingerprint density at radius 1 is 1.04 bits per heavy atom. The summed E-state index contributed by atoms with van der Waals surface area (Å²) in [6, 6.07) is 0. The SMILES string of the molecule is CCCNC(=O)CNC(=O)COC(=O)CCN1C(=O)[C@H]2CCCC[C@H]2C1=O. The number of hydrogen-bond donors (Lipinski definition) is 2. The molecule has 2 aliphatic rings. The second-order valence-corrected chi connectivity index (χ2v) is 6.86. The van der Waals surface area contributed by atoms with Crippen LogP contribution in [-0.4, -0.2) is 60.7 Å². The topological polar surface area (TPSA) is 122 Å². The molecule has 0 aromatic carbocycles. The molecule has 2 N–H and O–H groups in total. The average molecular weight is 381 g/mol. The number of rotatable bonds is 9. The zero-order valence-corrected chi connectivity index (χ0v) is 15.6. The van der Waals surface area contributed by atoms with Crippen molar-refractivity contribution in [2.24, 2.45) is 11.8 Å². The number of amides is 4. The van der Waals surface area contributed by atoms with Crippen molar-refractivity contribution in [3.63, 3.8) is 0 Å². The minimum absolute atomic E-state index is 0.0233. The maximum atomic E-state index is 12.3. The monoisotopic (exact) mass is 381 g/mol. The summed E-state index contributed by atoms with van der Waals surface area (Å²) in [5.74, 6) is -2.46. The van der Waals surface area contributed by atoms with Crippen molar-refractivity contribution >= 4 is 29.6 Å². The van der Waals surface area contributed by atoms with Crippen LogP contribution < -0.4 is 10.6 Å². The molecule has 0 bridgehead atoms. The van der Waals surface area contributed by atoms with E-state index in [-0.39, 0.29) is 49.1 Å². The summed E-state index contributed by atoms with van der Waals surface area (Å²) in [5, 5.41) is 4.95. The highest BCUT2D eigenvalue weighted by atomic mass is 16.5. The third-order valence-electron chi connectivity index (χ3n) is 4.85. The van der Waals surface area contributed by atoms with Crippen molar-refractivity contribution in [3.05, 3.63) is 0 Å². The predicted molar refractivity (Wildman–Crippen MR) is 94.1 cm³/mol. The Morgan fingerprint density at radius 2 is 1.67 bits per heavy atom. The molecule has 27 heavy (non-hydrogen) atoms. The first-order chi connectivity index (χ1) is 12.9. The van der Waals surface area contributed by atoms with Crippen molar-refractivity contribution in [1.29, 1.82) is 0 Å². The number of imide groups is 1. The van der Waals surface area contributed by atoms with Gasteiger partial charge >= 0.3 is 5.97 Å². The molecule has 0 radical (unpaired) electrons. The van der Waals surface area contributed by atoms with Crippen LogP contribution in [0.3, 0.4) is 0 Å². The molecule has 2 atom stereocenters. The number of nitrogens with one attached hydrogen (secondary N) is 2. The van der Waals surface area contributed by atoms with E-state index in [0.717, 1.165) is 37.0 Å². The van der Waals surface area contributed by atoms with Crippen LogP contribution in [-0.2, 0) is 28.7 Å². The van der Waals surface area contributed by atoms with Crippen LogP contribution in [0, 0.1) is 11.8 Å². The third-order valence-corrected chi connectivity index (χ3v) is 4.85. The number of ether oxygens (including phenoxy) is 1. The average Bonchev–Trinajstić information content (AvgIpc) is 2.92. The van der Waals surface area contributed by atoms with Gasteiger partial charge < -0.3 is 15.4 Å². The van der Waals surface area contributed by atoms with Gasteiger partial charge in [-0.25, -0.2) is 0 Å². The number of hydrogen-bond acceptors (Lipinski definition) is 6. The highest BCUT2D eigenvalue weighted by molar-refractivity contribution is 6.05. The molecule has 1 aliphatic heterocycles. The predicted octanol–water partition coefficient (Wildman–Crippen LogP) is -0.263. The van der Waals surface area contributed by atoms with Crippen molar-refractivity contribution < 1.29 is 28.7 Å². The second-order valence-electron chi connectivity index (χ2n) is 6.86. The summed E-state index contributed by atoms with van der Waals surface area (Å²) in [6.45, 7) is 1.72. The van der Waals surface area contributed by atoms with E-state index in [0.29, 0.717) is 6.54 Å². The van der Waals surface area contributed by atoms with Crippen LogP contribution in [0.5, 0.6) is 0 Å². The highest BCUT2D eigenvalue weighted by Crippen LogP contribution is 2.37. The lowest BCUT2D eigenvalue weighted by atomic mass is 9.81. The molecule has 1 aliphatic carbocycles. The summed E-state index contributed by atoms with van der Waals surface area (Å²) >= 11 is 0. The molecule has 2 rings (SSSR count). The number of esters is 1. The van der Waals surface area contributed by atoms with Crippen LogP contribution in [0.25, 0.3) is 0 Å². The summed E-state index contributed by atoms with van der Waals surface area (Å²) in [4.78, 5) is 60.5. The lowest BCUT2D eigenvalue weighted by Crippen LogP contribution is -2.39. The number of fused-ring (bicyclic) bond motifs is 1. The van der Waals surface area contributed by atoms with Gasteiger partial charge in [0.2, 0.25) is 17.7 Å². The van der Waals surface area contributed by atoms with E-state index < -0.39 is 18.5 Å². The van der Waals surface area contributed by atoms with Crippen LogP contribution >= 0.6 is 0 Å². The summed E-state index contributed by atoms with van der Waals surface area (Å²) in [5.41, 5.74) is 0. The third kappa shape index (κ3) is 5.77. The number of nitrogens with zero attached hydrogens (tertiary/aromatic N) is 1. The molecule has 0 unspecified atom stereocenters. The number of likely N-dealkylation sites (tertiary alicyclic amines) is 1. The Kier molecular flexibility index (Phi) is 7.75. The van der Waals surface area contributed by atoms with E-state index in [4.69, 9.17) is 4.74 Å². The zero-order valence-electron chi connectivity index (χ0n) is 15.6. The van der Waals surface area contributed by atoms with E-state index in [9.17, 15) is 24.0 Å². The second kappa shape index (κ2) is 10.0. The molecule has 0 aromatic rings. The van der Waals surface area contributed by atoms with Gasteiger partial charge in [-0.3, -0.25) is 28.9 Å². The molecule has 150 valence electrons. The molecule has 9 nitrogen and oxygen atoms in total. The van der Waals surface area contributed by atoms with Crippen LogP contribution in [0.4, 0.5) is 0 Å². The van der Waals surface area contributed by atoms with Crippen LogP contribution in [0.15, 0.2) is 0 Å². The fraction of sp³-hybridized carbons (Fsp3) is 0.722. The Labute approximate surface area is 158 Å². The summed E-state index contributed by atoms with van der Waals surface area (Å²) in [6.07, 6.45) is 3.98. The highest BCUT2D eigenvalue weighted by Gasteiger charge is 2.47. The van der Waals surface area contributed by atoms with Crippen molar-refractivity contribution in [1.82, 2.24) is 15.5 Å². The molecule has 1 saturated carbocycles. The van der Waals surface area contributed by atoms with E-state index in [1.165, 1.54) is 0 Å². The molecule has 9 heteroatoms. The molecule has 0 spiro atoms. The number of carbonyl (C=O) groups excluding carboxylic acids is 5. The maximum absolute atomic E-state index is 12.3. The summed E-state index contributed by atoms with van der Waals surface area (Å²) < 4.78 is 4.83. The minimum atomic E-state index is -0.670. The van der Waals surface area contributed by atoms with Crippen molar-refractivity contribution in [2.75, 3.05) is 26.2 Å². The Hall–Kier alpha value is -2.45. The normalized spacial score (nSPS) is 21.6. The van der Waals surface area contributed by atoms with E-state index >= 15 is 0 Å². The van der Waals surface area contributed by atoms with Gasteiger partial charge in [-0.2, -0.15) is 0 Å². The van der Waals surface area contributed by atoms with Crippen molar-refractivity contribution in [3.8, 4) is 0 Å². The van der Waals surface area contributed by atoms with E-state index in [1.807, 2.05) is 6.92 Å². The molecule has 1 saturated heterocycles. The van der Waals surface area contributed by atoms with Crippen LogP contribution in [0.1, 0.15) is 45.4 Å².